The number of aromatic nitrogens is 4. The fourth-order valence-corrected chi connectivity index (χ4v) is 3.42. The minimum Gasteiger partial charge on any atom is -0.327 e. The Bertz CT molecular complexity index is 1190. The second kappa shape index (κ2) is 7.50. The van der Waals surface area contributed by atoms with Gasteiger partial charge >= 0.3 is 0 Å². The number of ketones is 2. The molecule has 0 bridgehead atoms. The van der Waals surface area contributed by atoms with Crippen molar-refractivity contribution >= 4 is 45.8 Å². The van der Waals surface area contributed by atoms with Gasteiger partial charge in [-0.15, -0.1) is 0 Å². The Balaban J connectivity index is 1.76. The molecule has 0 radical (unpaired) electrons. The van der Waals surface area contributed by atoms with Gasteiger partial charge in [-0.25, -0.2) is 9.97 Å². The highest BCUT2D eigenvalue weighted by Crippen LogP contribution is 2.23. The van der Waals surface area contributed by atoms with Crippen LogP contribution in [0, 0.1) is 0 Å². The van der Waals surface area contributed by atoms with Gasteiger partial charge in [0.05, 0.1) is 5.56 Å². The number of carbonyl (C=O) groups is 2. The van der Waals surface area contributed by atoms with Crippen LogP contribution in [-0.4, -0.2) is 31.1 Å². The molecule has 4 heterocycles. The van der Waals surface area contributed by atoms with Gasteiger partial charge in [-0.05, 0) is 42.0 Å². The van der Waals surface area contributed by atoms with E-state index in [0.717, 1.165) is 5.56 Å². The van der Waals surface area contributed by atoms with E-state index in [4.69, 9.17) is 23.2 Å². The summed E-state index contributed by atoms with van der Waals surface area (Å²) in [6, 6.07) is 9.88. The van der Waals surface area contributed by atoms with Gasteiger partial charge in [-0.2, -0.15) is 0 Å². The first-order valence-electron chi connectivity index (χ1n) is 8.28. The van der Waals surface area contributed by atoms with Crippen molar-refractivity contribution in [1.82, 2.24) is 19.5 Å². The van der Waals surface area contributed by atoms with Gasteiger partial charge in [-0.1, -0.05) is 23.2 Å². The van der Waals surface area contributed by atoms with Gasteiger partial charge in [0.1, 0.15) is 16.0 Å². The lowest BCUT2D eigenvalue weighted by Crippen LogP contribution is -2.14. The van der Waals surface area contributed by atoms with Crippen molar-refractivity contribution in [3.63, 3.8) is 0 Å². The summed E-state index contributed by atoms with van der Waals surface area (Å²) in [5.74, 6) is -1.37. The molecule has 0 spiro atoms. The summed E-state index contributed by atoms with van der Waals surface area (Å²) in [4.78, 5) is 37.8. The highest BCUT2D eigenvalue weighted by Gasteiger charge is 2.24. The fraction of sp³-hybridized carbons (Fsp3) is 0.0500. The SMILES string of the molecule is O=C(C(=O)c1cn(Cc2ccncc2)c2ncccc12)c1cc(Cl)nc(Cl)c1. The van der Waals surface area contributed by atoms with Crippen LogP contribution in [0.25, 0.3) is 11.0 Å². The maximum atomic E-state index is 12.9. The predicted molar refractivity (Wildman–Crippen MR) is 106 cm³/mol. The molecule has 4 aromatic heterocycles. The van der Waals surface area contributed by atoms with Crippen molar-refractivity contribution < 1.29 is 9.59 Å². The van der Waals surface area contributed by atoms with Crippen LogP contribution in [0.5, 0.6) is 0 Å². The number of nitrogens with zero attached hydrogens (tertiary/aromatic N) is 4. The first-order chi connectivity index (χ1) is 13.5. The number of pyridine rings is 3. The summed E-state index contributed by atoms with van der Waals surface area (Å²) in [5, 5.41) is 0.692. The third-order valence-electron chi connectivity index (χ3n) is 4.21. The zero-order valence-corrected chi connectivity index (χ0v) is 15.9. The molecule has 0 aliphatic rings. The molecule has 6 nitrogen and oxygen atoms in total. The van der Waals surface area contributed by atoms with E-state index in [0.29, 0.717) is 17.6 Å². The highest BCUT2D eigenvalue weighted by molar-refractivity contribution is 6.51. The van der Waals surface area contributed by atoms with Gasteiger partial charge in [-0.3, -0.25) is 14.6 Å². The van der Waals surface area contributed by atoms with Crippen LogP contribution in [0.3, 0.4) is 0 Å². The molecule has 0 aromatic carbocycles. The number of hydrogen-bond acceptors (Lipinski definition) is 5. The lowest BCUT2D eigenvalue weighted by molar-refractivity contribution is 0.0817. The molecule has 0 saturated carbocycles. The number of rotatable bonds is 5. The Morgan fingerprint density at radius 3 is 2.39 bits per heavy atom. The molecule has 0 aliphatic carbocycles. The van der Waals surface area contributed by atoms with Crippen LogP contribution in [0.4, 0.5) is 0 Å². The Kier molecular flexibility index (Phi) is 4.90. The quantitative estimate of drug-likeness (QED) is 0.279. The Morgan fingerprint density at radius 2 is 1.68 bits per heavy atom. The second-order valence-corrected chi connectivity index (χ2v) is 6.83. The summed E-state index contributed by atoms with van der Waals surface area (Å²) < 4.78 is 1.83. The maximum absolute atomic E-state index is 12.9. The summed E-state index contributed by atoms with van der Waals surface area (Å²) in [5.41, 5.74) is 1.97. The van der Waals surface area contributed by atoms with Gasteiger partial charge < -0.3 is 4.57 Å². The molecule has 0 amide bonds. The lowest BCUT2D eigenvalue weighted by atomic mass is 10.0. The zero-order chi connectivity index (χ0) is 19.7. The van der Waals surface area contributed by atoms with Crippen LogP contribution in [0.15, 0.2) is 61.2 Å². The van der Waals surface area contributed by atoms with E-state index >= 15 is 0 Å². The Morgan fingerprint density at radius 1 is 0.964 bits per heavy atom. The molecule has 28 heavy (non-hydrogen) atoms. The van der Waals surface area contributed by atoms with Crippen LogP contribution >= 0.6 is 23.2 Å². The normalized spacial score (nSPS) is 10.9. The van der Waals surface area contributed by atoms with E-state index in [1.807, 2.05) is 16.7 Å². The van der Waals surface area contributed by atoms with Gasteiger partial charge in [0.25, 0.3) is 0 Å². The smallest absolute Gasteiger partial charge is 0.235 e. The largest absolute Gasteiger partial charge is 0.327 e. The second-order valence-electron chi connectivity index (χ2n) is 6.06. The third-order valence-corrected chi connectivity index (χ3v) is 4.60. The number of Topliss-reactive ketones (excluding diaryl/α,β-unsaturated/α-hetero) is 2. The summed E-state index contributed by atoms with van der Waals surface area (Å²) in [6.07, 6.45) is 6.68. The van der Waals surface area contributed by atoms with Crippen molar-refractivity contribution in [3.8, 4) is 0 Å². The maximum Gasteiger partial charge on any atom is 0.235 e. The number of halogens is 2. The molecular formula is C20H12Cl2N4O2. The molecule has 0 aliphatic heterocycles. The van der Waals surface area contributed by atoms with Crippen LogP contribution in [0.2, 0.25) is 10.3 Å². The number of hydrogen-bond donors (Lipinski definition) is 0. The number of fused-ring (bicyclic) bond motifs is 1. The average Bonchev–Trinajstić information content (AvgIpc) is 3.05. The standard InChI is InChI=1S/C20H12Cl2N4O2/c21-16-8-13(9-17(22)25-16)18(27)19(28)15-11-26(10-12-3-6-23-7-4-12)20-14(15)2-1-5-24-20/h1-9,11H,10H2. The Hall–Kier alpha value is -3.09. The van der Waals surface area contributed by atoms with Crippen LogP contribution in [0.1, 0.15) is 26.3 Å². The predicted octanol–water partition coefficient (Wildman–Crippen LogP) is 4.25. The Labute approximate surface area is 169 Å². The van der Waals surface area contributed by atoms with E-state index in [1.54, 1.807) is 36.9 Å². The topological polar surface area (TPSA) is 77.7 Å². The summed E-state index contributed by atoms with van der Waals surface area (Å²) in [7, 11) is 0. The monoisotopic (exact) mass is 410 g/mol. The minimum absolute atomic E-state index is 0.0467. The van der Waals surface area contributed by atoms with E-state index < -0.39 is 11.6 Å². The van der Waals surface area contributed by atoms with E-state index in [2.05, 4.69) is 15.0 Å². The van der Waals surface area contributed by atoms with E-state index in [1.165, 1.54) is 12.1 Å². The molecule has 0 atom stereocenters. The van der Waals surface area contributed by atoms with Crippen molar-refractivity contribution in [2.75, 3.05) is 0 Å². The molecule has 4 aromatic rings. The molecule has 4 rings (SSSR count). The van der Waals surface area contributed by atoms with Crippen molar-refractivity contribution in [1.29, 1.82) is 0 Å². The zero-order valence-electron chi connectivity index (χ0n) is 14.3. The lowest BCUT2D eigenvalue weighted by Gasteiger charge is -2.04. The molecule has 0 fully saturated rings. The molecule has 0 N–H and O–H groups in total. The molecule has 0 unspecified atom stereocenters. The molecular weight excluding hydrogens is 399 g/mol. The van der Waals surface area contributed by atoms with Gasteiger partial charge in [0.2, 0.25) is 11.6 Å². The minimum atomic E-state index is -0.710. The van der Waals surface area contributed by atoms with Crippen molar-refractivity contribution in [2.24, 2.45) is 0 Å². The fourth-order valence-electron chi connectivity index (χ4n) is 2.96. The number of carbonyl (C=O) groups excluding carboxylic acids is 2. The summed E-state index contributed by atoms with van der Waals surface area (Å²) in [6.45, 7) is 0.490. The first-order valence-corrected chi connectivity index (χ1v) is 9.03. The van der Waals surface area contributed by atoms with Crippen LogP contribution < -0.4 is 0 Å². The molecule has 0 saturated heterocycles. The molecule has 8 heteroatoms. The summed E-state index contributed by atoms with van der Waals surface area (Å²) >= 11 is 11.7. The van der Waals surface area contributed by atoms with Crippen molar-refractivity contribution in [3.05, 3.63) is 88.2 Å². The van der Waals surface area contributed by atoms with E-state index in [9.17, 15) is 9.59 Å². The molecule has 138 valence electrons. The van der Waals surface area contributed by atoms with Crippen molar-refractivity contribution in [2.45, 2.75) is 6.54 Å². The van der Waals surface area contributed by atoms with Gasteiger partial charge in [0, 0.05) is 42.3 Å². The van der Waals surface area contributed by atoms with Gasteiger partial charge in [0.15, 0.2) is 0 Å². The van der Waals surface area contributed by atoms with E-state index in [-0.39, 0.29) is 21.4 Å². The van der Waals surface area contributed by atoms with Crippen LogP contribution in [-0.2, 0) is 6.54 Å². The first kappa shape index (κ1) is 18.3. The highest BCUT2D eigenvalue weighted by atomic mass is 35.5. The average molecular weight is 411 g/mol. The third kappa shape index (κ3) is 3.52.